The molecule has 1 aromatic heterocycles. The molecule has 0 saturated heterocycles. The quantitative estimate of drug-likeness (QED) is 0.854. The second-order valence-corrected chi connectivity index (χ2v) is 4.83. The molecule has 1 aromatic rings. The van der Waals surface area contributed by atoms with E-state index >= 15 is 0 Å². The van der Waals surface area contributed by atoms with Crippen LogP contribution in [-0.2, 0) is 0 Å². The van der Waals surface area contributed by atoms with Crippen LogP contribution in [0, 0.1) is 12.8 Å². The number of carbonyl (C=O) groups excluding carboxylic acids is 1. The summed E-state index contributed by atoms with van der Waals surface area (Å²) < 4.78 is 5.30. The normalized spacial score (nSPS) is 12.8. The third-order valence-corrected chi connectivity index (χ3v) is 2.95. The molecule has 0 saturated carbocycles. The van der Waals surface area contributed by atoms with Gasteiger partial charge in [-0.25, -0.2) is 0 Å². The smallest absolute Gasteiger partial charge is 0.289 e. The standard InChI is InChI=1S/C13H22N2O2/c1-9(2)11(14)7-8-15(4)13(16)12-6-5-10(3)17-12/h5-6,9,11H,7-8,14H2,1-4H3. The van der Waals surface area contributed by atoms with Crippen LogP contribution in [0.5, 0.6) is 0 Å². The summed E-state index contributed by atoms with van der Waals surface area (Å²) in [6.45, 7) is 6.65. The topological polar surface area (TPSA) is 59.5 Å². The van der Waals surface area contributed by atoms with Crippen molar-refractivity contribution < 1.29 is 9.21 Å². The Kier molecular flexibility index (Phi) is 4.75. The van der Waals surface area contributed by atoms with Gasteiger partial charge in [-0.2, -0.15) is 0 Å². The molecule has 4 heteroatoms. The number of nitrogens with two attached hydrogens (primary N) is 1. The van der Waals surface area contributed by atoms with Crippen LogP contribution in [-0.4, -0.2) is 30.4 Å². The van der Waals surface area contributed by atoms with Crippen LogP contribution in [0.4, 0.5) is 0 Å². The molecule has 0 fully saturated rings. The van der Waals surface area contributed by atoms with Crippen LogP contribution in [0.2, 0.25) is 0 Å². The Morgan fingerprint density at radius 3 is 2.59 bits per heavy atom. The number of furan rings is 1. The van der Waals surface area contributed by atoms with Gasteiger partial charge < -0.3 is 15.1 Å². The first-order chi connectivity index (χ1) is 7.91. The second kappa shape index (κ2) is 5.87. The van der Waals surface area contributed by atoms with Crippen molar-refractivity contribution in [1.29, 1.82) is 0 Å². The van der Waals surface area contributed by atoms with Gasteiger partial charge in [-0.1, -0.05) is 13.8 Å². The Morgan fingerprint density at radius 1 is 1.47 bits per heavy atom. The third kappa shape index (κ3) is 3.89. The summed E-state index contributed by atoms with van der Waals surface area (Å²) in [7, 11) is 1.77. The lowest BCUT2D eigenvalue weighted by molar-refractivity contribution is 0.0756. The average molecular weight is 238 g/mol. The Morgan fingerprint density at radius 2 is 2.12 bits per heavy atom. The lowest BCUT2D eigenvalue weighted by Crippen LogP contribution is -2.34. The number of carbonyl (C=O) groups is 1. The molecule has 0 aliphatic carbocycles. The lowest BCUT2D eigenvalue weighted by atomic mass is 10.0. The molecule has 0 radical (unpaired) electrons. The van der Waals surface area contributed by atoms with Gasteiger partial charge in [0, 0.05) is 19.6 Å². The molecule has 4 nitrogen and oxygen atoms in total. The molecule has 1 heterocycles. The van der Waals surface area contributed by atoms with Crippen molar-refractivity contribution in [2.75, 3.05) is 13.6 Å². The second-order valence-electron chi connectivity index (χ2n) is 4.83. The molecule has 2 N–H and O–H groups in total. The highest BCUT2D eigenvalue weighted by Gasteiger charge is 2.16. The maximum atomic E-state index is 11.9. The fourth-order valence-electron chi connectivity index (χ4n) is 1.52. The molecule has 0 aromatic carbocycles. The lowest BCUT2D eigenvalue weighted by Gasteiger charge is -2.20. The predicted octanol–water partition coefficient (Wildman–Crippen LogP) is 2.03. The Labute approximate surface area is 103 Å². The Hall–Kier alpha value is -1.29. The molecule has 0 aliphatic rings. The van der Waals surface area contributed by atoms with E-state index in [4.69, 9.17) is 10.2 Å². The summed E-state index contributed by atoms with van der Waals surface area (Å²) in [6, 6.07) is 3.63. The molecule has 0 bridgehead atoms. The molecule has 1 atom stereocenters. The van der Waals surface area contributed by atoms with Crippen molar-refractivity contribution in [3.8, 4) is 0 Å². The fourth-order valence-corrected chi connectivity index (χ4v) is 1.52. The first-order valence-electron chi connectivity index (χ1n) is 5.99. The van der Waals surface area contributed by atoms with Crippen LogP contribution in [0.25, 0.3) is 0 Å². The first kappa shape index (κ1) is 13.8. The van der Waals surface area contributed by atoms with E-state index in [-0.39, 0.29) is 11.9 Å². The highest BCUT2D eigenvalue weighted by atomic mass is 16.3. The van der Waals surface area contributed by atoms with Gasteiger partial charge in [0.05, 0.1) is 0 Å². The monoisotopic (exact) mass is 238 g/mol. The zero-order valence-corrected chi connectivity index (χ0v) is 11.1. The largest absolute Gasteiger partial charge is 0.456 e. The maximum absolute atomic E-state index is 11.9. The van der Waals surface area contributed by atoms with Gasteiger partial charge in [-0.15, -0.1) is 0 Å². The van der Waals surface area contributed by atoms with E-state index in [1.165, 1.54) is 0 Å². The first-order valence-corrected chi connectivity index (χ1v) is 5.99. The maximum Gasteiger partial charge on any atom is 0.289 e. The summed E-state index contributed by atoms with van der Waals surface area (Å²) in [6.07, 6.45) is 0.805. The summed E-state index contributed by atoms with van der Waals surface area (Å²) in [5.41, 5.74) is 5.95. The Balaban J connectivity index is 2.48. The van der Waals surface area contributed by atoms with Crippen molar-refractivity contribution in [3.05, 3.63) is 23.7 Å². The third-order valence-electron chi connectivity index (χ3n) is 2.95. The van der Waals surface area contributed by atoms with E-state index in [9.17, 15) is 4.79 Å². The molecule has 1 unspecified atom stereocenters. The van der Waals surface area contributed by atoms with E-state index in [0.717, 1.165) is 12.2 Å². The number of aryl methyl sites for hydroxylation is 1. The van der Waals surface area contributed by atoms with E-state index in [0.29, 0.717) is 18.2 Å². The minimum absolute atomic E-state index is 0.0888. The van der Waals surface area contributed by atoms with Crippen molar-refractivity contribution in [2.45, 2.75) is 33.2 Å². The highest BCUT2D eigenvalue weighted by Crippen LogP contribution is 2.10. The van der Waals surface area contributed by atoms with Gasteiger partial charge in [0.25, 0.3) is 5.91 Å². The van der Waals surface area contributed by atoms with Crippen LogP contribution >= 0.6 is 0 Å². The van der Waals surface area contributed by atoms with E-state index in [2.05, 4.69) is 13.8 Å². The average Bonchev–Trinajstić information content (AvgIpc) is 2.70. The van der Waals surface area contributed by atoms with E-state index < -0.39 is 0 Å². The highest BCUT2D eigenvalue weighted by molar-refractivity contribution is 5.91. The van der Waals surface area contributed by atoms with Crippen molar-refractivity contribution in [2.24, 2.45) is 11.7 Å². The summed E-state index contributed by atoms with van der Waals surface area (Å²) >= 11 is 0. The number of hydrogen-bond donors (Lipinski definition) is 1. The number of rotatable bonds is 5. The summed E-state index contributed by atoms with van der Waals surface area (Å²) in [4.78, 5) is 13.6. The number of nitrogens with zero attached hydrogens (tertiary/aromatic N) is 1. The van der Waals surface area contributed by atoms with Crippen LogP contribution in [0.1, 0.15) is 36.6 Å². The predicted molar refractivity (Wildman–Crippen MR) is 67.8 cm³/mol. The fraction of sp³-hybridized carbons (Fsp3) is 0.615. The van der Waals surface area contributed by atoms with Crippen LogP contribution < -0.4 is 5.73 Å². The Bertz CT molecular complexity index is 371. The summed E-state index contributed by atoms with van der Waals surface area (Å²) in [5, 5.41) is 0. The minimum Gasteiger partial charge on any atom is -0.456 e. The molecular weight excluding hydrogens is 216 g/mol. The molecule has 1 amide bonds. The van der Waals surface area contributed by atoms with Gasteiger partial charge in [-0.3, -0.25) is 4.79 Å². The van der Waals surface area contributed by atoms with Crippen LogP contribution in [0.15, 0.2) is 16.5 Å². The van der Waals surface area contributed by atoms with Gasteiger partial charge >= 0.3 is 0 Å². The van der Waals surface area contributed by atoms with Crippen molar-refractivity contribution in [3.63, 3.8) is 0 Å². The molecule has 0 spiro atoms. The zero-order chi connectivity index (χ0) is 13.0. The van der Waals surface area contributed by atoms with Crippen molar-refractivity contribution >= 4 is 5.91 Å². The minimum atomic E-state index is -0.0888. The molecule has 0 aliphatic heterocycles. The van der Waals surface area contributed by atoms with Gasteiger partial charge in [0.2, 0.25) is 0 Å². The van der Waals surface area contributed by atoms with Crippen molar-refractivity contribution in [1.82, 2.24) is 4.90 Å². The van der Waals surface area contributed by atoms with Crippen LogP contribution in [0.3, 0.4) is 0 Å². The molecular formula is C13H22N2O2. The summed E-state index contributed by atoms with van der Waals surface area (Å²) in [5.74, 6) is 1.49. The number of hydrogen-bond acceptors (Lipinski definition) is 3. The molecule has 17 heavy (non-hydrogen) atoms. The van der Waals surface area contributed by atoms with E-state index in [1.54, 1.807) is 24.1 Å². The van der Waals surface area contributed by atoms with Gasteiger partial charge in [0.15, 0.2) is 5.76 Å². The molecule has 1 rings (SSSR count). The van der Waals surface area contributed by atoms with E-state index in [1.807, 2.05) is 6.92 Å². The van der Waals surface area contributed by atoms with Gasteiger partial charge in [-0.05, 0) is 31.4 Å². The van der Waals surface area contributed by atoms with Gasteiger partial charge in [0.1, 0.15) is 5.76 Å². The number of amides is 1. The molecule has 96 valence electrons. The SMILES string of the molecule is Cc1ccc(C(=O)N(C)CCC(N)C(C)C)o1. The zero-order valence-electron chi connectivity index (χ0n) is 11.1.